The lowest BCUT2D eigenvalue weighted by Crippen LogP contribution is -2.34. The van der Waals surface area contributed by atoms with Gasteiger partial charge in [-0.05, 0) is 51.3 Å². The van der Waals surface area contributed by atoms with E-state index in [-0.39, 0.29) is 0 Å². The Labute approximate surface area is 146 Å². The van der Waals surface area contributed by atoms with Gasteiger partial charge in [0.15, 0.2) is 0 Å². The van der Waals surface area contributed by atoms with Gasteiger partial charge in [0.1, 0.15) is 5.03 Å². The maximum absolute atomic E-state index is 4.80. The Kier molecular flexibility index (Phi) is 6.82. The molecule has 1 atom stereocenters. The van der Waals surface area contributed by atoms with Gasteiger partial charge in [-0.2, -0.15) is 0 Å². The molecule has 0 amide bonds. The molecule has 23 heavy (non-hydrogen) atoms. The zero-order valence-electron chi connectivity index (χ0n) is 14.7. The molecule has 2 fully saturated rings. The molecule has 2 aliphatic rings. The van der Waals surface area contributed by atoms with Gasteiger partial charge in [0, 0.05) is 23.1 Å². The Bertz CT molecular complexity index is 470. The van der Waals surface area contributed by atoms with Crippen LogP contribution in [0.3, 0.4) is 0 Å². The van der Waals surface area contributed by atoms with E-state index in [4.69, 9.17) is 4.98 Å². The Hall–Kier alpha value is -0.540. The second kappa shape index (κ2) is 9.08. The third-order valence-corrected chi connectivity index (χ3v) is 6.77. The van der Waals surface area contributed by atoms with E-state index in [1.54, 1.807) is 0 Å². The average Bonchev–Trinajstić information content (AvgIpc) is 2.62. The molecule has 0 aromatic carbocycles. The third-order valence-electron chi connectivity index (χ3n) is 5.40. The van der Waals surface area contributed by atoms with Crippen LogP contribution >= 0.6 is 11.8 Å². The van der Waals surface area contributed by atoms with Crippen molar-refractivity contribution in [3.8, 4) is 0 Å². The first-order valence-electron chi connectivity index (χ1n) is 9.74. The van der Waals surface area contributed by atoms with Crippen LogP contribution in [0, 0.1) is 0 Å². The molecule has 0 bridgehead atoms. The molecule has 0 spiro atoms. The maximum Gasteiger partial charge on any atom is 0.101 e. The fourth-order valence-corrected chi connectivity index (χ4v) is 5.41. The summed E-state index contributed by atoms with van der Waals surface area (Å²) in [4.78, 5) is 7.53. The molecule has 1 unspecified atom stereocenters. The molecule has 1 aromatic heterocycles. The molecular formula is C20H32N2S. The van der Waals surface area contributed by atoms with Crippen molar-refractivity contribution in [2.24, 2.45) is 0 Å². The quantitative estimate of drug-likeness (QED) is 0.651. The number of hydrogen-bond donors (Lipinski definition) is 0. The minimum Gasteiger partial charge on any atom is -0.296 e. The van der Waals surface area contributed by atoms with Crippen LogP contribution in [0.5, 0.6) is 0 Å². The van der Waals surface area contributed by atoms with Crippen molar-refractivity contribution in [2.75, 3.05) is 13.1 Å². The molecule has 3 heteroatoms. The van der Waals surface area contributed by atoms with Gasteiger partial charge in [-0.1, -0.05) is 45.1 Å². The van der Waals surface area contributed by atoms with Gasteiger partial charge in [-0.3, -0.25) is 4.90 Å². The van der Waals surface area contributed by atoms with Gasteiger partial charge in [-0.15, -0.1) is 11.8 Å². The molecule has 1 aliphatic carbocycles. The van der Waals surface area contributed by atoms with Crippen molar-refractivity contribution < 1.29 is 0 Å². The summed E-state index contributed by atoms with van der Waals surface area (Å²) in [7, 11) is 0. The highest BCUT2D eigenvalue weighted by Gasteiger charge is 2.27. The van der Waals surface area contributed by atoms with E-state index >= 15 is 0 Å². The van der Waals surface area contributed by atoms with Crippen molar-refractivity contribution in [2.45, 2.75) is 87.4 Å². The Morgan fingerprint density at radius 2 is 1.96 bits per heavy atom. The van der Waals surface area contributed by atoms with Gasteiger partial charge < -0.3 is 0 Å². The van der Waals surface area contributed by atoms with Crippen LogP contribution in [0.2, 0.25) is 0 Å². The second-order valence-electron chi connectivity index (χ2n) is 7.18. The number of aromatic nitrogens is 1. The molecule has 128 valence electrons. The average molecular weight is 333 g/mol. The number of pyridine rings is 1. The fraction of sp³-hybridized carbons (Fsp3) is 0.750. The molecule has 1 saturated heterocycles. The molecule has 0 N–H and O–H groups in total. The summed E-state index contributed by atoms with van der Waals surface area (Å²) < 4.78 is 0. The zero-order chi connectivity index (χ0) is 15.9. The van der Waals surface area contributed by atoms with E-state index < -0.39 is 0 Å². The molecule has 2 nitrogen and oxygen atoms in total. The summed E-state index contributed by atoms with van der Waals surface area (Å²) >= 11 is 2.07. The van der Waals surface area contributed by atoms with E-state index in [2.05, 4.69) is 35.7 Å². The minimum atomic E-state index is 0.607. The van der Waals surface area contributed by atoms with Crippen LogP contribution in [-0.4, -0.2) is 28.2 Å². The van der Waals surface area contributed by atoms with E-state index in [1.165, 1.54) is 87.9 Å². The standard InChI is InChI=1S/C20H32N2S/c1-2-3-15-22-16-8-7-13-19(22)18-12-9-14-21-20(18)23-17-10-5-4-6-11-17/h9,12,14,17,19H,2-8,10-11,13,15-16H2,1H3. The van der Waals surface area contributed by atoms with Gasteiger partial charge >= 0.3 is 0 Å². The third kappa shape index (κ3) is 4.73. The number of unbranched alkanes of at least 4 members (excludes halogenated alkanes) is 1. The monoisotopic (exact) mass is 332 g/mol. The second-order valence-corrected chi connectivity index (χ2v) is 8.47. The number of likely N-dealkylation sites (tertiary alicyclic amines) is 1. The van der Waals surface area contributed by atoms with Crippen molar-refractivity contribution in [3.05, 3.63) is 23.9 Å². The summed E-state index contributed by atoms with van der Waals surface area (Å²) in [6.07, 6.45) is 15.7. The van der Waals surface area contributed by atoms with Crippen molar-refractivity contribution in [1.82, 2.24) is 9.88 Å². The van der Waals surface area contributed by atoms with E-state index in [9.17, 15) is 0 Å². The van der Waals surface area contributed by atoms with Crippen LogP contribution in [-0.2, 0) is 0 Å². The summed E-state index contributed by atoms with van der Waals surface area (Å²) in [5.74, 6) is 0. The van der Waals surface area contributed by atoms with Crippen molar-refractivity contribution in [3.63, 3.8) is 0 Å². The van der Waals surface area contributed by atoms with Crippen LogP contribution in [0.15, 0.2) is 23.4 Å². The lowest BCUT2D eigenvalue weighted by molar-refractivity contribution is 0.144. The summed E-state index contributed by atoms with van der Waals surface area (Å²) in [6.45, 7) is 4.82. The lowest BCUT2D eigenvalue weighted by atomic mass is 9.96. The number of rotatable bonds is 6. The van der Waals surface area contributed by atoms with E-state index in [0.717, 1.165) is 5.25 Å². The number of hydrogen-bond acceptors (Lipinski definition) is 3. The molecule has 1 saturated carbocycles. The summed E-state index contributed by atoms with van der Waals surface area (Å²) in [5, 5.41) is 2.12. The molecular weight excluding hydrogens is 300 g/mol. The van der Waals surface area contributed by atoms with Gasteiger partial charge in [0.2, 0.25) is 0 Å². The topological polar surface area (TPSA) is 16.1 Å². The molecule has 0 radical (unpaired) electrons. The SMILES string of the molecule is CCCCN1CCCCC1c1cccnc1SC1CCCCC1. The molecule has 1 aromatic rings. The highest BCUT2D eigenvalue weighted by Crippen LogP contribution is 2.39. The molecule has 2 heterocycles. The Balaban J connectivity index is 1.74. The normalized spacial score (nSPS) is 24.0. The molecule has 1 aliphatic heterocycles. The van der Waals surface area contributed by atoms with E-state index in [0.29, 0.717) is 6.04 Å². The van der Waals surface area contributed by atoms with Gasteiger partial charge in [-0.25, -0.2) is 4.98 Å². The van der Waals surface area contributed by atoms with Crippen molar-refractivity contribution in [1.29, 1.82) is 0 Å². The first kappa shape index (κ1) is 17.3. The first-order chi connectivity index (χ1) is 11.4. The number of piperidine rings is 1. The minimum absolute atomic E-state index is 0.607. The van der Waals surface area contributed by atoms with Gasteiger partial charge in [0.25, 0.3) is 0 Å². The first-order valence-corrected chi connectivity index (χ1v) is 10.6. The highest BCUT2D eigenvalue weighted by atomic mass is 32.2. The summed E-state index contributed by atoms with van der Waals surface area (Å²) in [6, 6.07) is 5.11. The van der Waals surface area contributed by atoms with Crippen LogP contribution < -0.4 is 0 Å². The smallest absolute Gasteiger partial charge is 0.101 e. The van der Waals surface area contributed by atoms with E-state index in [1.807, 2.05) is 6.20 Å². The predicted octanol–water partition coefficient (Wildman–Crippen LogP) is 5.83. The zero-order valence-corrected chi connectivity index (χ0v) is 15.5. The molecule has 3 rings (SSSR count). The highest BCUT2D eigenvalue weighted by molar-refractivity contribution is 7.99. The predicted molar refractivity (Wildman–Crippen MR) is 100 cm³/mol. The Morgan fingerprint density at radius 1 is 1.13 bits per heavy atom. The van der Waals surface area contributed by atoms with Crippen LogP contribution in [0.1, 0.15) is 82.7 Å². The van der Waals surface area contributed by atoms with Crippen LogP contribution in [0.4, 0.5) is 0 Å². The van der Waals surface area contributed by atoms with Gasteiger partial charge in [0.05, 0.1) is 0 Å². The largest absolute Gasteiger partial charge is 0.296 e. The number of thioether (sulfide) groups is 1. The lowest BCUT2D eigenvalue weighted by Gasteiger charge is -2.37. The Morgan fingerprint density at radius 3 is 2.78 bits per heavy atom. The fourth-order valence-electron chi connectivity index (χ4n) is 4.07. The maximum atomic E-state index is 4.80. The summed E-state index contributed by atoms with van der Waals surface area (Å²) in [5.41, 5.74) is 1.51. The van der Waals surface area contributed by atoms with Crippen LogP contribution in [0.25, 0.3) is 0 Å². The van der Waals surface area contributed by atoms with Crippen molar-refractivity contribution >= 4 is 11.8 Å². The number of nitrogens with zero attached hydrogens (tertiary/aromatic N) is 2.